The summed E-state index contributed by atoms with van der Waals surface area (Å²) < 4.78 is 13.1. The van der Waals surface area contributed by atoms with Gasteiger partial charge in [0.05, 0.1) is 12.8 Å². The van der Waals surface area contributed by atoms with Crippen LogP contribution in [-0.4, -0.2) is 43.6 Å². The maximum Gasteiger partial charge on any atom is 0.161 e. The number of para-hydroxylation sites is 2. The lowest BCUT2D eigenvalue weighted by atomic mass is 10.2. The second-order valence-corrected chi connectivity index (χ2v) is 6.15. The van der Waals surface area contributed by atoms with Crippen molar-refractivity contribution in [1.82, 2.24) is 15.1 Å². The Morgan fingerprint density at radius 1 is 1.25 bits per heavy atom. The number of hydrogen-bond donors (Lipinski definition) is 1. The number of methoxy groups -OCH3 is 1. The van der Waals surface area contributed by atoms with E-state index in [2.05, 4.69) is 22.2 Å². The molecule has 0 spiro atoms. The van der Waals surface area contributed by atoms with Gasteiger partial charge in [-0.2, -0.15) is 5.10 Å². The maximum atomic E-state index is 5.87. The quantitative estimate of drug-likeness (QED) is 0.804. The van der Waals surface area contributed by atoms with Gasteiger partial charge in [0, 0.05) is 39.3 Å². The molecule has 2 rings (SSSR count). The molecule has 0 aliphatic rings. The molecule has 0 aliphatic heterocycles. The van der Waals surface area contributed by atoms with Gasteiger partial charge in [-0.15, -0.1) is 0 Å². The predicted octanol–water partition coefficient (Wildman–Crippen LogP) is 2.36. The first-order chi connectivity index (χ1) is 11.4. The zero-order chi connectivity index (χ0) is 17.7. The Morgan fingerprint density at radius 2 is 1.92 bits per heavy atom. The number of benzene rings is 1. The van der Waals surface area contributed by atoms with Gasteiger partial charge >= 0.3 is 0 Å². The Labute approximate surface area is 144 Å². The van der Waals surface area contributed by atoms with Crippen LogP contribution < -0.4 is 19.7 Å². The second kappa shape index (κ2) is 8.06. The van der Waals surface area contributed by atoms with Crippen molar-refractivity contribution in [2.24, 2.45) is 7.05 Å². The summed E-state index contributed by atoms with van der Waals surface area (Å²) >= 11 is 0. The number of nitrogens with zero attached hydrogens (tertiary/aromatic N) is 3. The summed E-state index contributed by atoms with van der Waals surface area (Å²) in [6.07, 6.45) is 0. The summed E-state index contributed by atoms with van der Waals surface area (Å²) in [5.74, 6) is 2.64. The minimum atomic E-state index is 0.199. The van der Waals surface area contributed by atoms with Crippen LogP contribution in [0, 0.1) is 6.92 Å². The van der Waals surface area contributed by atoms with Crippen molar-refractivity contribution in [1.29, 1.82) is 0 Å². The fraction of sp³-hybridized carbons (Fsp3) is 0.500. The standard InChI is InChI=1S/C18H28N4O2/c1-13(12-24-17-10-8-7-9-16(17)23-6)19-11-15-14(2)20-22(5)18(15)21(3)4/h7-10,13,19H,11-12H2,1-6H3. The molecule has 0 radical (unpaired) electrons. The monoisotopic (exact) mass is 332 g/mol. The molecule has 6 nitrogen and oxygen atoms in total. The molecule has 2 aromatic rings. The number of rotatable bonds is 8. The molecule has 0 bridgehead atoms. The van der Waals surface area contributed by atoms with Crippen molar-refractivity contribution >= 4 is 5.82 Å². The molecule has 0 aliphatic carbocycles. The van der Waals surface area contributed by atoms with Crippen molar-refractivity contribution in [3.8, 4) is 11.5 Å². The number of hydrogen-bond acceptors (Lipinski definition) is 5. The number of anilines is 1. The van der Waals surface area contributed by atoms with Gasteiger partial charge in [0.2, 0.25) is 0 Å². The van der Waals surface area contributed by atoms with Gasteiger partial charge in [-0.25, -0.2) is 0 Å². The Kier molecular flexibility index (Phi) is 6.09. The average Bonchev–Trinajstić information content (AvgIpc) is 2.84. The molecule has 1 atom stereocenters. The van der Waals surface area contributed by atoms with Gasteiger partial charge in [0.15, 0.2) is 11.5 Å². The van der Waals surface area contributed by atoms with E-state index in [4.69, 9.17) is 9.47 Å². The molecule has 24 heavy (non-hydrogen) atoms. The second-order valence-electron chi connectivity index (χ2n) is 6.15. The summed E-state index contributed by atoms with van der Waals surface area (Å²) in [7, 11) is 7.69. The molecule has 0 fully saturated rings. The molecule has 1 N–H and O–H groups in total. The van der Waals surface area contributed by atoms with Crippen molar-refractivity contribution in [2.75, 3.05) is 32.7 Å². The lowest BCUT2D eigenvalue weighted by Crippen LogP contribution is -2.32. The number of nitrogens with one attached hydrogen (secondary N) is 1. The SMILES string of the molecule is COc1ccccc1OCC(C)NCc1c(C)nn(C)c1N(C)C. The highest BCUT2D eigenvalue weighted by atomic mass is 16.5. The van der Waals surface area contributed by atoms with E-state index in [9.17, 15) is 0 Å². The fourth-order valence-corrected chi connectivity index (χ4v) is 2.74. The molecule has 0 saturated carbocycles. The topological polar surface area (TPSA) is 51.6 Å². The maximum absolute atomic E-state index is 5.87. The van der Waals surface area contributed by atoms with Gasteiger partial charge in [0.25, 0.3) is 0 Å². The van der Waals surface area contributed by atoms with Gasteiger partial charge in [-0.3, -0.25) is 4.68 Å². The smallest absolute Gasteiger partial charge is 0.161 e. The molecule has 6 heteroatoms. The zero-order valence-corrected chi connectivity index (χ0v) is 15.5. The third-order valence-corrected chi connectivity index (χ3v) is 3.92. The van der Waals surface area contributed by atoms with Crippen LogP contribution in [0.5, 0.6) is 11.5 Å². The summed E-state index contributed by atoms with van der Waals surface area (Å²) in [6, 6.07) is 7.89. The molecule has 132 valence electrons. The van der Waals surface area contributed by atoms with Gasteiger partial charge in [-0.05, 0) is 26.0 Å². The van der Waals surface area contributed by atoms with E-state index < -0.39 is 0 Å². The normalized spacial score (nSPS) is 12.1. The fourth-order valence-electron chi connectivity index (χ4n) is 2.74. The zero-order valence-electron chi connectivity index (χ0n) is 15.5. The summed E-state index contributed by atoms with van der Waals surface area (Å²) in [5, 5.41) is 8.02. The van der Waals surface area contributed by atoms with Crippen LogP contribution in [0.4, 0.5) is 5.82 Å². The Hall–Kier alpha value is -2.21. The molecule has 1 unspecified atom stereocenters. The summed E-state index contributed by atoms with van der Waals surface area (Å²) in [6.45, 7) is 5.47. The molecular formula is C18H28N4O2. The highest BCUT2D eigenvalue weighted by Gasteiger charge is 2.15. The van der Waals surface area contributed by atoms with Crippen LogP contribution in [0.2, 0.25) is 0 Å². The first kappa shape index (κ1) is 18.1. The van der Waals surface area contributed by atoms with Crippen molar-refractivity contribution < 1.29 is 9.47 Å². The molecule has 1 heterocycles. The highest BCUT2D eigenvalue weighted by molar-refractivity contribution is 5.48. The minimum Gasteiger partial charge on any atom is -0.493 e. The number of ether oxygens (including phenoxy) is 2. The summed E-state index contributed by atoms with van der Waals surface area (Å²) in [4.78, 5) is 2.09. The minimum absolute atomic E-state index is 0.199. The van der Waals surface area contributed by atoms with E-state index >= 15 is 0 Å². The van der Waals surface area contributed by atoms with Crippen LogP contribution in [0.1, 0.15) is 18.2 Å². The van der Waals surface area contributed by atoms with Gasteiger partial charge < -0.3 is 19.7 Å². The average molecular weight is 332 g/mol. The molecule has 1 aromatic carbocycles. The van der Waals surface area contributed by atoms with Crippen LogP contribution in [-0.2, 0) is 13.6 Å². The van der Waals surface area contributed by atoms with Crippen LogP contribution >= 0.6 is 0 Å². The number of aryl methyl sites for hydroxylation is 2. The van der Waals surface area contributed by atoms with Gasteiger partial charge in [0.1, 0.15) is 12.4 Å². The van der Waals surface area contributed by atoms with E-state index in [1.54, 1.807) is 7.11 Å². The van der Waals surface area contributed by atoms with Crippen molar-refractivity contribution in [3.05, 3.63) is 35.5 Å². The largest absolute Gasteiger partial charge is 0.493 e. The molecule has 1 aromatic heterocycles. The lowest BCUT2D eigenvalue weighted by molar-refractivity contribution is 0.259. The third kappa shape index (κ3) is 4.20. The van der Waals surface area contributed by atoms with Crippen LogP contribution in [0.25, 0.3) is 0 Å². The first-order valence-electron chi connectivity index (χ1n) is 8.13. The Morgan fingerprint density at radius 3 is 2.54 bits per heavy atom. The van der Waals surface area contributed by atoms with E-state index in [1.165, 1.54) is 5.56 Å². The molecule has 0 amide bonds. The van der Waals surface area contributed by atoms with Crippen molar-refractivity contribution in [3.63, 3.8) is 0 Å². The Balaban J connectivity index is 1.93. The van der Waals surface area contributed by atoms with E-state index in [1.807, 2.05) is 57.0 Å². The van der Waals surface area contributed by atoms with Crippen LogP contribution in [0.3, 0.4) is 0 Å². The summed E-state index contributed by atoms with van der Waals surface area (Å²) in [5.41, 5.74) is 2.26. The van der Waals surface area contributed by atoms with Crippen molar-refractivity contribution in [2.45, 2.75) is 26.4 Å². The Bertz CT molecular complexity index is 667. The first-order valence-corrected chi connectivity index (χ1v) is 8.13. The van der Waals surface area contributed by atoms with Crippen LogP contribution in [0.15, 0.2) is 24.3 Å². The molecule has 0 saturated heterocycles. The lowest BCUT2D eigenvalue weighted by Gasteiger charge is -2.19. The van der Waals surface area contributed by atoms with E-state index in [-0.39, 0.29) is 6.04 Å². The third-order valence-electron chi connectivity index (χ3n) is 3.92. The predicted molar refractivity (Wildman–Crippen MR) is 97.1 cm³/mol. The van der Waals surface area contributed by atoms with E-state index in [0.717, 1.165) is 29.6 Å². The highest BCUT2D eigenvalue weighted by Crippen LogP contribution is 2.26. The molecular weight excluding hydrogens is 304 g/mol. The number of aromatic nitrogens is 2. The van der Waals surface area contributed by atoms with Gasteiger partial charge in [-0.1, -0.05) is 12.1 Å². The van der Waals surface area contributed by atoms with E-state index in [0.29, 0.717) is 6.61 Å².